The summed E-state index contributed by atoms with van der Waals surface area (Å²) in [5.41, 5.74) is 2.45. The average molecular weight is 424 g/mol. The van der Waals surface area contributed by atoms with Crippen LogP contribution in [0, 0.1) is 0 Å². The molecule has 31 heavy (non-hydrogen) atoms. The molecule has 0 heterocycles. The molecule has 0 fully saturated rings. The van der Waals surface area contributed by atoms with Gasteiger partial charge in [-0.3, -0.25) is 14.4 Å². The van der Waals surface area contributed by atoms with Crippen LogP contribution in [0.3, 0.4) is 0 Å². The highest BCUT2D eigenvalue weighted by Gasteiger charge is 2.16. The Morgan fingerprint density at radius 3 is 2.13 bits per heavy atom. The summed E-state index contributed by atoms with van der Waals surface area (Å²) in [5.74, 6) is -0.00745. The third kappa shape index (κ3) is 7.08. The van der Waals surface area contributed by atoms with Crippen LogP contribution in [0.1, 0.15) is 35.8 Å². The van der Waals surface area contributed by atoms with Crippen LogP contribution < -0.4 is 15.4 Å². The topological polar surface area (TPSA) is 87.7 Å². The molecule has 0 saturated heterocycles. The number of ketones is 1. The van der Waals surface area contributed by atoms with Crippen molar-refractivity contribution < 1.29 is 19.1 Å². The van der Waals surface area contributed by atoms with Gasteiger partial charge in [0.05, 0.1) is 13.2 Å². The molecule has 0 spiro atoms. The minimum absolute atomic E-state index is 0.0312. The van der Waals surface area contributed by atoms with Crippen LogP contribution in [0.4, 0.5) is 5.69 Å². The largest absolute Gasteiger partial charge is 0.497 e. The molecular weight excluding hydrogens is 394 g/mol. The second-order valence-electron chi connectivity index (χ2n) is 7.41. The minimum Gasteiger partial charge on any atom is -0.497 e. The van der Waals surface area contributed by atoms with Crippen molar-refractivity contribution in [2.45, 2.75) is 19.9 Å². The maximum absolute atomic E-state index is 12.5. The third-order valence-corrected chi connectivity index (χ3v) is 4.84. The normalized spacial score (nSPS) is 12.3. The summed E-state index contributed by atoms with van der Waals surface area (Å²) in [6, 6.07) is 14.2. The molecule has 0 aliphatic heterocycles. The van der Waals surface area contributed by atoms with E-state index in [0.717, 1.165) is 11.3 Å². The third-order valence-electron chi connectivity index (χ3n) is 4.84. The second kappa shape index (κ2) is 11.1. The first-order valence-electron chi connectivity index (χ1n) is 9.90. The van der Waals surface area contributed by atoms with E-state index in [0.29, 0.717) is 23.4 Å². The zero-order chi connectivity index (χ0) is 23.0. The van der Waals surface area contributed by atoms with Crippen molar-refractivity contribution in [2.75, 3.05) is 33.1 Å². The van der Waals surface area contributed by atoms with Gasteiger partial charge >= 0.3 is 0 Å². The molecule has 0 radical (unpaired) electrons. The predicted molar refractivity (Wildman–Crippen MR) is 121 cm³/mol. The number of carbonyl (C=O) groups is 3. The van der Waals surface area contributed by atoms with Gasteiger partial charge in [-0.05, 0) is 69.9 Å². The van der Waals surface area contributed by atoms with Crippen LogP contribution in [0.2, 0.25) is 0 Å². The van der Waals surface area contributed by atoms with Crippen LogP contribution in [0.25, 0.3) is 0 Å². The number of benzene rings is 2. The van der Waals surface area contributed by atoms with E-state index in [2.05, 4.69) is 10.6 Å². The number of ether oxygens (including phenoxy) is 1. The smallest absolute Gasteiger partial charge is 0.248 e. The highest BCUT2D eigenvalue weighted by molar-refractivity contribution is 6.06. The van der Waals surface area contributed by atoms with E-state index in [-0.39, 0.29) is 17.7 Å². The van der Waals surface area contributed by atoms with E-state index in [9.17, 15) is 14.4 Å². The van der Waals surface area contributed by atoms with Gasteiger partial charge in [-0.15, -0.1) is 0 Å². The zero-order valence-electron chi connectivity index (χ0n) is 18.6. The number of hydrogen-bond acceptors (Lipinski definition) is 5. The zero-order valence-corrected chi connectivity index (χ0v) is 18.6. The van der Waals surface area contributed by atoms with Gasteiger partial charge in [0.1, 0.15) is 5.75 Å². The molecule has 2 rings (SSSR count). The molecule has 0 aliphatic rings. The van der Waals surface area contributed by atoms with Gasteiger partial charge in [0.25, 0.3) is 0 Å². The molecule has 164 valence electrons. The van der Waals surface area contributed by atoms with Crippen LogP contribution >= 0.6 is 0 Å². The van der Waals surface area contributed by atoms with Gasteiger partial charge in [0.15, 0.2) is 5.78 Å². The first-order valence-corrected chi connectivity index (χ1v) is 9.90. The van der Waals surface area contributed by atoms with Crippen molar-refractivity contribution in [1.29, 1.82) is 0 Å². The number of methoxy groups -OCH3 is 1. The Bertz CT molecular complexity index is 948. The number of likely N-dealkylation sites (N-methyl/N-ethyl adjacent to an activating group) is 1. The number of hydrogen-bond donors (Lipinski definition) is 2. The molecule has 1 unspecified atom stereocenters. The standard InChI is InChI=1S/C24H29N3O4/c1-16(14-23(29)26-20-10-6-18(7-11-20)17(2)28)24(30)25-15-22(27(3)4)19-8-12-21(31-5)13-9-19/h6-14,22H,15H2,1-5H3,(H,25,30)(H,26,29)/b16-14-. The van der Waals surface area contributed by atoms with E-state index in [4.69, 9.17) is 4.74 Å². The molecule has 0 aliphatic carbocycles. The van der Waals surface area contributed by atoms with Crippen LogP contribution in [-0.4, -0.2) is 50.2 Å². The number of anilines is 1. The summed E-state index contributed by atoms with van der Waals surface area (Å²) >= 11 is 0. The van der Waals surface area contributed by atoms with Crippen molar-refractivity contribution >= 4 is 23.3 Å². The number of amides is 2. The first kappa shape index (κ1) is 23.8. The van der Waals surface area contributed by atoms with Crippen molar-refractivity contribution in [3.05, 3.63) is 71.3 Å². The number of carbonyl (C=O) groups excluding carboxylic acids is 3. The predicted octanol–water partition coefficient (Wildman–Crippen LogP) is 3.20. The number of rotatable bonds is 9. The summed E-state index contributed by atoms with van der Waals surface area (Å²) in [7, 11) is 5.49. The lowest BCUT2D eigenvalue weighted by atomic mass is 10.1. The SMILES string of the molecule is COc1ccc(C(CNC(=O)/C(C)=C\C(=O)Nc2ccc(C(C)=O)cc2)N(C)C)cc1. The van der Waals surface area contributed by atoms with Gasteiger partial charge in [0, 0.05) is 29.4 Å². The lowest BCUT2D eigenvalue weighted by Crippen LogP contribution is -2.35. The highest BCUT2D eigenvalue weighted by Crippen LogP contribution is 2.20. The second-order valence-corrected chi connectivity index (χ2v) is 7.41. The number of Topliss-reactive ketones (excluding diaryl/α,β-unsaturated/α-hetero) is 1. The quantitative estimate of drug-likeness (QED) is 0.478. The van der Waals surface area contributed by atoms with Crippen molar-refractivity contribution in [3.8, 4) is 5.75 Å². The molecular formula is C24H29N3O4. The molecule has 7 nitrogen and oxygen atoms in total. The van der Waals surface area contributed by atoms with E-state index < -0.39 is 5.91 Å². The molecule has 7 heteroatoms. The maximum atomic E-state index is 12.5. The van der Waals surface area contributed by atoms with Crippen molar-refractivity contribution in [2.24, 2.45) is 0 Å². The number of nitrogens with zero attached hydrogens (tertiary/aromatic N) is 1. The summed E-state index contributed by atoms with van der Waals surface area (Å²) in [6.45, 7) is 3.46. The molecule has 2 aromatic rings. The molecule has 2 N–H and O–H groups in total. The van der Waals surface area contributed by atoms with Crippen LogP contribution in [-0.2, 0) is 9.59 Å². The Balaban J connectivity index is 1.96. The Morgan fingerprint density at radius 1 is 1.00 bits per heavy atom. The van der Waals surface area contributed by atoms with E-state index in [1.165, 1.54) is 13.0 Å². The van der Waals surface area contributed by atoms with Crippen molar-refractivity contribution in [1.82, 2.24) is 10.2 Å². The Labute approximate surface area is 183 Å². The average Bonchev–Trinajstić information content (AvgIpc) is 2.74. The van der Waals surface area contributed by atoms with Crippen molar-refractivity contribution in [3.63, 3.8) is 0 Å². The molecule has 1 atom stereocenters. The maximum Gasteiger partial charge on any atom is 0.248 e. The summed E-state index contributed by atoms with van der Waals surface area (Å²) in [6.07, 6.45) is 1.26. The van der Waals surface area contributed by atoms with Gasteiger partial charge in [-0.2, -0.15) is 0 Å². The van der Waals surface area contributed by atoms with Crippen LogP contribution in [0.5, 0.6) is 5.75 Å². The van der Waals surface area contributed by atoms with E-state index in [1.807, 2.05) is 43.3 Å². The van der Waals surface area contributed by atoms with Gasteiger partial charge < -0.3 is 20.3 Å². The summed E-state index contributed by atoms with van der Waals surface area (Å²) < 4.78 is 5.19. The van der Waals surface area contributed by atoms with Gasteiger partial charge in [-0.1, -0.05) is 12.1 Å². The van der Waals surface area contributed by atoms with Gasteiger partial charge in [-0.25, -0.2) is 0 Å². The first-order chi connectivity index (χ1) is 14.7. The number of nitrogens with one attached hydrogen (secondary N) is 2. The fraction of sp³-hybridized carbons (Fsp3) is 0.292. The lowest BCUT2D eigenvalue weighted by Gasteiger charge is -2.25. The Kier molecular flexibility index (Phi) is 8.52. The van der Waals surface area contributed by atoms with Gasteiger partial charge in [0.2, 0.25) is 11.8 Å². The monoisotopic (exact) mass is 423 g/mol. The summed E-state index contributed by atoms with van der Waals surface area (Å²) in [5, 5.41) is 5.57. The molecule has 0 bridgehead atoms. The molecule has 2 aromatic carbocycles. The molecule has 0 aromatic heterocycles. The molecule has 2 amide bonds. The van der Waals surface area contributed by atoms with E-state index in [1.54, 1.807) is 38.3 Å². The minimum atomic E-state index is -0.414. The fourth-order valence-electron chi connectivity index (χ4n) is 2.98. The highest BCUT2D eigenvalue weighted by atomic mass is 16.5. The Hall–Kier alpha value is -3.45. The lowest BCUT2D eigenvalue weighted by molar-refractivity contribution is -0.118. The van der Waals surface area contributed by atoms with Crippen LogP contribution in [0.15, 0.2) is 60.2 Å². The fourth-order valence-corrected chi connectivity index (χ4v) is 2.98. The summed E-state index contributed by atoms with van der Waals surface area (Å²) in [4.78, 5) is 38.0. The Morgan fingerprint density at radius 2 is 1.61 bits per heavy atom. The van der Waals surface area contributed by atoms with E-state index >= 15 is 0 Å². The molecule has 0 saturated carbocycles.